The number of nitrogens with one attached hydrogen (secondary N) is 1. The largest absolute Gasteiger partial charge is 0.456 e. The Morgan fingerprint density at radius 1 is 1.29 bits per heavy atom. The van der Waals surface area contributed by atoms with Crippen molar-refractivity contribution in [3.05, 3.63) is 60.1 Å². The minimum Gasteiger partial charge on any atom is -0.456 e. The molecule has 86 valence electrons. The summed E-state index contributed by atoms with van der Waals surface area (Å²) in [7, 11) is 0. The standard InChI is InChI=1S/C13H12N2O2/c16-13(12-9-14-7-4-8-15-12)17-10-11-5-2-1-3-6-11/h1-9,15H,10H2. The lowest BCUT2D eigenvalue weighted by Crippen LogP contribution is -2.17. The molecule has 1 N–H and O–H groups in total. The molecule has 0 fully saturated rings. The Morgan fingerprint density at radius 3 is 2.94 bits per heavy atom. The van der Waals surface area contributed by atoms with Crippen LogP contribution in [0.15, 0.2) is 59.5 Å². The van der Waals surface area contributed by atoms with E-state index in [0.717, 1.165) is 5.56 Å². The molecular formula is C13H12N2O2. The third-order valence-corrected chi connectivity index (χ3v) is 2.14. The van der Waals surface area contributed by atoms with Gasteiger partial charge < -0.3 is 10.1 Å². The number of benzene rings is 1. The normalized spacial score (nSPS) is 13.5. The van der Waals surface area contributed by atoms with Crippen molar-refractivity contribution in [3.63, 3.8) is 0 Å². The molecule has 1 heterocycles. The van der Waals surface area contributed by atoms with Gasteiger partial charge in [-0.15, -0.1) is 0 Å². The van der Waals surface area contributed by atoms with Gasteiger partial charge in [0.25, 0.3) is 0 Å². The van der Waals surface area contributed by atoms with Crippen molar-refractivity contribution in [1.29, 1.82) is 0 Å². The van der Waals surface area contributed by atoms with Crippen LogP contribution < -0.4 is 5.32 Å². The Bertz CT molecular complexity index is 475. The van der Waals surface area contributed by atoms with E-state index in [9.17, 15) is 4.79 Å². The smallest absolute Gasteiger partial charge is 0.356 e. The van der Waals surface area contributed by atoms with Crippen molar-refractivity contribution in [2.45, 2.75) is 6.61 Å². The number of nitrogens with zero attached hydrogens (tertiary/aromatic N) is 1. The van der Waals surface area contributed by atoms with Gasteiger partial charge in [0.15, 0.2) is 0 Å². The summed E-state index contributed by atoms with van der Waals surface area (Å²) in [6, 6.07) is 9.53. The number of ether oxygens (including phenoxy) is 1. The Labute approximate surface area is 99.3 Å². The third kappa shape index (κ3) is 3.31. The van der Waals surface area contributed by atoms with Gasteiger partial charge in [-0.05, 0) is 11.6 Å². The Balaban J connectivity index is 1.92. The van der Waals surface area contributed by atoms with Gasteiger partial charge in [0.1, 0.15) is 12.3 Å². The first-order chi connectivity index (χ1) is 8.36. The summed E-state index contributed by atoms with van der Waals surface area (Å²) in [5.41, 5.74) is 1.28. The average Bonchev–Trinajstić information content (AvgIpc) is 2.66. The topological polar surface area (TPSA) is 50.7 Å². The number of hydrogen-bond acceptors (Lipinski definition) is 4. The van der Waals surface area contributed by atoms with Crippen LogP contribution in [0.1, 0.15) is 5.56 Å². The van der Waals surface area contributed by atoms with Crippen molar-refractivity contribution < 1.29 is 9.53 Å². The molecule has 1 aliphatic heterocycles. The second kappa shape index (κ2) is 5.65. The number of carbonyl (C=O) groups is 1. The quantitative estimate of drug-likeness (QED) is 0.802. The highest BCUT2D eigenvalue weighted by atomic mass is 16.5. The summed E-state index contributed by atoms with van der Waals surface area (Å²) in [4.78, 5) is 15.6. The molecule has 1 aliphatic rings. The predicted molar refractivity (Wildman–Crippen MR) is 65.1 cm³/mol. The molecule has 0 radical (unpaired) electrons. The van der Waals surface area contributed by atoms with Crippen LogP contribution in [0, 0.1) is 0 Å². The first-order valence-electron chi connectivity index (χ1n) is 5.22. The Morgan fingerprint density at radius 2 is 2.12 bits per heavy atom. The molecule has 0 spiro atoms. The first kappa shape index (κ1) is 11.1. The van der Waals surface area contributed by atoms with E-state index in [1.54, 1.807) is 18.5 Å². The van der Waals surface area contributed by atoms with E-state index >= 15 is 0 Å². The van der Waals surface area contributed by atoms with E-state index in [2.05, 4.69) is 10.3 Å². The first-order valence-corrected chi connectivity index (χ1v) is 5.22. The zero-order chi connectivity index (χ0) is 11.9. The number of hydrogen-bond donors (Lipinski definition) is 1. The zero-order valence-electron chi connectivity index (χ0n) is 9.17. The SMILES string of the molecule is O=C(OCc1ccccc1)C1=CN=CC=CN1. The molecule has 1 aromatic carbocycles. The number of rotatable bonds is 3. The van der Waals surface area contributed by atoms with E-state index in [-0.39, 0.29) is 6.61 Å². The molecule has 0 bridgehead atoms. The van der Waals surface area contributed by atoms with Gasteiger partial charge in [-0.3, -0.25) is 4.99 Å². The highest BCUT2D eigenvalue weighted by Gasteiger charge is 2.10. The molecule has 0 unspecified atom stereocenters. The van der Waals surface area contributed by atoms with Gasteiger partial charge in [-0.25, -0.2) is 4.79 Å². The summed E-state index contributed by atoms with van der Waals surface area (Å²) < 4.78 is 5.15. The maximum atomic E-state index is 11.7. The lowest BCUT2D eigenvalue weighted by Gasteiger charge is -2.06. The molecule has 0 saturated heterocycles. The molecule has 0 amide bonds. The molecule has 4 heteroatoms. The minimum absolute atomic E-state index is 0.256. The minimum atomic E-state index is -0.419. The van der Waals surface area contributed by atoms with Crippen molar-refractivity contribution in [2.24, 2.45) is 4.99 Å². The molecule has 1 aromatic rings. The molecule has 17 heavy (non-hydrogen) atoms. The summed E-state index contributed by atoms with van der Waals surface area (Å²) in [6.45, 7) is 0.256. The van der Waals surface area contributed by atoms with Gasteiger partial charge in [-0.1, -0.05) is 30.3 Å². The van der Waals surface area contributed by atoms with Crippen LogP contribution in [0.4, 0.5) is 0 Å². The van der Waals surface area contributed by atoms with Crippen LogP contribution in [-0.4, -0.2) is 12.2 Å². The number of esters is 1. The summed E-state index contributed by atoms with van der Waals surface area (Å²) in [5.74, 6) is -0.419. The van der Waals surface area contributed by atoms with Crippen LogP contribution in [-0.2, 0) is 16.1 Å². The fourth-order valence-corrected chi connectivity index (χ4v) is 1.30. The van der Waals surface area contributed by atoms with E-state index < -0.39 is 5.97 Å². The zero-order valence-corrected chi connectivity index (χ0v) is 9.17. The Hall–Kier alpha value is -2.36. The van der Waals surface area contributed by atoms with E-state index in [1.807, 2.05) is 30.3 Å². The second-order valence-corrected chi connectivity index (χ2v) is 3.41. The van der Waals surface area contributed by atoms with Crippen LogP contribution in [0.25, 0.3) is 0 Å². The fraction of sp³-hybridized carbons (Fsp3) is 0.0769. The lowest BCUT2D eigenvalue weighted by molar-refractivity contribution is -0.140. The molecule has 2 rings (SSSR count). The van der Waals surface area contributed by atoms with Crippen molar-refractivity contribution in [2.75, 3.05) is 0 Å². The highest BCUT2D eigenvalue weighted by Crippen LogP contribution is 2.04. The molecule has 0 aromatic heterocycles. The summed E-state index contributed by atoms with van der Waals surface area (Å²) in [5, 5.41) is 2.80. The Kier molecular flexibility index (Phi) is 3.70. The predicted octanol–water partition coefficient (Wildman–Crippen LogP) is 1.76. The van der Waals surface area contributed by atoms with Crippen LogP contribution in [0.2, 0.25) is 0 Å². The van der Waals surface area contributed by atoms with Gasteiger partial charge in [0, 0.05) is 12.4 Å². The lowest BCUT2D eigenvalue weighted by atomic mass is 10.2. The van der Waals surface area contributed by atoms with Crippen molar-refractivity contribution >= 4 is 12.2 Å². The van der Waals surface area contributed by atoms with Crippen LogP contribution in [0.3, 0.4) is 0 Å². The monoisotopic (exact) mass is 228 g/mol. The van der Waals surface area contributed by atoms with Gasteiger partial charge in [0.2, 0.25) is 0 Å². The van der Waals surface area contributed by atoms with Gasteiger partial charge in [-0.2, -0.15) is 0 Å². The number of aliphatic imine (C=N–C) groups is 1. The van der Waals surface area contributed by atoms with Crippen molar-refractivity contribution in [1.82, 2.24) is 5.32 Å². The number of allylic oxidation sites excluding steroid dienone is 1. The molecular weight excluding hydrogens is 216 g/mol. The molecule has 4 nitrogen and oxygen atoms in total. The van der Waals surface area contributed by atoms with Crippen LogP contribution >= 0.6 is 0 Å². The maximum absolute atomic E-state index is 11.7. The van der Waals surface area contributed by atoms with Crippen molar-refractivity contribution in [3.8, 4) is 0 Å². The molecule has 0 atom stereocenters. The maximum Gasteiger partial charge on any atom is 0.356 e. The summed E-state index contributed by atoms with van der Waals surface area (Å²) in [6.07, 6.45) is 6.36. The summed E-state index contributed by atoms with van der Waals surface area (Å²) >= 11 is 0. The third-order valence-electron chi connectivity index (χ3n) is 2.14. The average molecular weight is 228 g/mol. The van der Waals surface area contributed by atoms with Gasteiger partial charge in [0.05, 0.1) is 6.20 Å². The van der Waals surface area contributed by atoms with E-state index in [0.29, 0.717) is 5.70 Å². The number of carbonyl (C=O) groups excluding carboxylic acids is 1. The molecule has 0 aliphatic carbocycles. The fourth-order valence-electron chi connectivity index (χ4n) is 1.30. The highest BCUT2D eigenvalue weighted by molar-refractivity contribution is 5.89. The van der Waals surface area contributed by atoms with Gasteiger partial charge >= 0.3 is 5.97 Å². The molecule has 0 saturated carbocycles. The van der Waals surface area contributed by atoms with E-state index in [4.69, 9.17) is 4.74 Å². The van der Waals surface area contributed by atoms with E-state index in [1.165, 1.54) is 6.20 Å². The van der Waals surface area contributed by atoms with Crippen LogP contribution in [0.5, 0.6) is 0 Å². The second-order valence-electron chi connectivity index (χ2n) is 3.41.